The molecule has 2 aromatic rings. The van der Waals surface area contributed by atoms with Gasteiger partial charge in [0.2, 0.25) is 5.88 Å². The third-order valence-electron chi connectivity index (χ3n) is 2.91. The van der Waals surface area contributed by atoms with Gasteiger partial charge in [0.05, 0.1) is 13.7 Å². The summed E-state index contributed by atoms with van der Waals surface area (Å²) in [5.74, 6) is 1.56. The SMILES string of the molecule is COc1cc(CO)ccc1Oc1ccc(C(C)N)cn1. The Morgan fingerprint density at radius 1 is 1.25 bits per heavy atom. The Morgan fingerprint density at radius 3 is 2.60 bits per heavy atom. The normalized spacial score (nSPS) is 12.0. The lowest BCUT2D eigenvalue weighted by Crippen LogP contribution is -2.05. The van der Waals surface area contributed by atoms with Gasteiger partial charge in [0, 0.05) is 18.3 Å². The number of benzene rings is 1. The molecular formula is C15H18N2O3. The number of ether oxygens (including phenoxy) is 2. The summed E-state index contributed by atoms with van der Waals surface area (Å²) in [5.41, 5.74) is 7.47. The van der Waals surface area contributed by atoms with Crippen LogP contribution in [-0.4, -0.2) is 17.2 Å². The molecule has 1 atom stereocenters. The van der Waals surface area contributed by atoms with Crippen LogP contribution in [0.5, 0.6) is 17.4 Å². The molecule has 0 aliphatic rings. The zero-order chi connectivity index (χ0) is 14.5. The van der Waals surface area contributed by atoms with E-state index >= 15 is 0 Å². The van der Waals surface area contributed by atoms with E-state index in [9.17, 15) is 0 Å². The van der Waals surface area contributed by atoms with Crippen molar-refractivity contribution in [2.24, 2.45) is 5.73 Å². The molecule has 1 unspecified atom stereocenters. The van der Waals surface area contributed by atoms with Gasteiger partial charge in [-0.15, -0.1) is 0 Å². The number of nitrogens with two attached hydrogens (primary N) is 1. The summed E-state index contributed by atoms with van der Waals surface area (Å²) in [6, 6.07) is 8.82. The zero-order valence-corrected chi connectivity index (χ0v) is 11.5. The monoisotopic (exact) mass is 274 g/mol. The highest BCUT2D eigenvalue weighted by atomic mass is 16.5. The van der Waals surface area contributed by atoms with Crippen LogP contribution in [0.1, 0.15) is 24.1 Å². The van der Waals surface area contributed by atoms with Crippen LogP contribution < -0.4 is 15.2 Å². The Hall–Kier alpha value is -2.11. The van der Waals surface area contributed by atoms with E-state index in [1.54, 1.807) is 37.6 Å². The highest BCUT2D eigenvalue weighted by Gasteiger charge is 2.08. The smallest absolute Gasteiger partial charge is 0.219 e. The Balaban J connectivity index is 2.20. The van der Waals surface area contributed by atoms with E-state index in [0.29, 0.717) is 17.4 Å². The van der Waals surface area contributed by atoms with Gasteiger partial charge in [-0.2, -0.15) is 0 Å². The minimum absolute atomic E-state index is 0.0437. The summed E-state index contributed by atoms with van der Waals surface area (Å²) >= 11 is 0. The molecule has 0 radical (unpaired) electrons. The van der Waals surface area contributed by atoms with Gasteiger partial charge in [0.1, 0.15) is 0 Å². The minimum atomic E-state index is -0.0603. The Bertz CT molecular complexity index is 568. The first kappa shape index (κ1) is 14.3. The molecule has 0 saturated heterocycles. The summed E-state index contributed by atoms with van der Waals surface area (Å²) in [4.78, 5) is 4.21. The lowest BCUT2D eigenvalue weighted by atomic mass is 10.2. The molecule has 5 heteroatoms. The molecule has 3 N–H and O–H groups in total. The fourth-order valence-corrected chi connectivity index (χ4v) is 1.73. The fraction of sp³-hybridized carbons (Fsp3) is 0.267. The van der Waals surface area contributed by atoms with Crippen LogP contribution in [0.25, 0.3) is 0 Å². The van der Waals surface area contributed by atoms with Crippen molar-refractivity contribution in [2.45, 2.75) is 19.6 Å². The van der Waals surface area contributed by atoms with Gasteiger partial charge in [0.15, 0.2) is 11.5 Å². The summed E-state index contributed by atoms with van der Waals surface area (Å²) in [6.45, 7) is 1.85. The maximum atomic E-state index is 9.10. The van der Waals surface area contributed by atoms with E-state index in [4.69, 9.17) is 20.3 Å². The number of nitrogens with zero attached hydrogens (tertiary/aromatic N) is 1. The predicted octanol–water partition coefficient (Wildman–Crippen LogP) is 2.39. The predicted molar refractivity (Wildman–Crippen MR) is 75.8 cm³/mol. The highest BCUT2D eigenvalue weighted by molar-refractivity contribution is 5.44. The first-order valence-corrected chi connectivity index (χ1v) is 6.31. The number of aromatic nitrogens is 1. The van der Waals surface area contributed by atoms with Crippen molar-refractivity contribution in [1.29, 1.82) is 0 Å². The van der Waals surface area contributed by atoms with Crippen LogP contribution in [0.3, 0.4) is 0 Å². The van der Waals surface area contributed by atoms with Crippen molar-refractivity contribution in [2.75, 3.05) is 7.11 Å². The topological polar surface area (TPSA) is 77.6 Å². The van der Waals surface area contributed by atoms with Crippen molar-refractivity contribution < 1.29 is 14.6 Å². The second kappa shape index (κ2) is 6.36. The maximum Gasteiger partial charge on any atom is 0.219 e. The molecule has 0 amide bonds. The minimum Gasteiger partial charge on any atom is -0.493 e. The van der Waals surface area contributed by atoms with Crippen molar-refractivity contribution in [3.05, 3.63) is 47.7 Å². The Morgan fingerprint density at radius 2 is 2.05 bits per heavy atom. The van der Waals surface area contributed by atoms with Crippen LogP contribution in [0, 0.1) is 0 Å². The van der Waals surface area contributed by atoms with Gasteiger partial charge >= 0.3 is 0 Å². The molecule has 0 aliphatic carbocycles. The molecule has 0 saturated carbocycles. The summed E-state index contributed by atoms with van der Waals surface area (Å²) < 4.78 is 10.9. The van der Waals surface area contributed by atoms with Gasteiger partial charge in [-0.3, -0.25) is 0 Å². The number of aliphatic hydroxyl groups excluding tert-OH is 1. The standard InChI is InChI=1S/C15H18N2O3/c1-10(16)12-4-6-15(17-8-12)20-13-5-3-11(9-18)7-14(13)19-2/h3-8,10,18H,9,16H2,1-2H3. The van der Waals surface area contributed by atoms with E-state index < -0.39 is 0 Å². The molecular weight excluding hydrogens is 256 g/mol. The van der Waals surface area contributed by atoms with Gasteiger partial charge in [-0.1, -0.05) is 12.1 Å². The van der Waals surface area contributed by atoms with Crippen molar-refractivity contribution in [3.63, 3.8) is 0 Å². The second-order valence-electron chi connectivity index (χ2n) is 4.46. The van der Waals surface area contributed by atoms with Crippen molar-refractivity contribution in [1.82, 2.24) is 4.98 Å². The van der Waals surface area contributed by atoms with E-state index in [1.807, 2.05) is 13.0 Å². The molecule has 2 rings (SSSR count). The molecule has 20 heavy (non-hydrogen) atoms. The van der Waals surface area contributed by atoms with Crippen molar-refractivity contribution >= 4 is 0 Å². The van der Waals surface area contributed by atoms with E-state index in [1.165, 1.54) is 0 Å². The van der Waals surface area contributed by atoms with Gasteiger partial charge in [0.25, 0.3) is 0 Å². The van der Waals surface area contributed by atoms with Crippen molar-refractivity contribution in [3.8, 4) is 17.4 Å². The lowest BCUT2D eigenvalue weighted by molar-refractivity contribution is 0.280. The quantitative estimate of drug-likeness (QED) is 0.875. The molecule has 1 heterocycles. The largest absolute Gasteiger partial charge is 0.493 e. The third-order valence-corrected chi connectivity index (χ3v) is 2.91. The Labute approximate surface area is 118 Å². The molecule has 0 bridgehead atoms. The van der Waals surface area contributed by atoms with Crippen LogP contribution in [0.2, 0.25) is 0 Å². The maximum absolute atomic E-state index is 9.10. The number of methoxy groups -OCH3 is 1. The molecule has 0 spiro atoms. The number of hydrogen-bond acceptors (Lipinski definition) is 5. The van der Waals surface area contributed by atoms with E-state index in [-0.39, 0.29) is 12.6 Å². The van der Waals surface area contributed by atoms with Gasteiger partial charge in [-0.25, -0.2) is 4.98 Å². The average Bonchev–Trinajstić information content (AvgIpc) is 2.48. The Kier molecular flexibility index (Phi) is 4.55. The number of hydrogen-bond donors (Lipinski definition) is 2. The third kappa shape index (κ3) is 3.26. The first-order chi connectivity index (χ1) is 9.63. The van der Waals surface area contributed by atoms with Crippen LogP contribution in [0.4, 0.5) is 0 Å². The van der Waals surface area contributed by atoms with Crippen LogP contribution in [-0.2, 0) is 6.61 Å². The molecule has 106 valence electrons. The summed E-state index contributed by atoms with van der Waals surface area (Å²) in [6.07, 6.45) is 1.69. The fourth-order valence-electron chi connectivity index (χ4n) is 1.73. The second-order valence-corrected chi connectivity index (χ2v) is 4.46. The van der Waals surface area contributed by atoms with Crippen LogP contribution >= 0.6 is 0 Å². The number of rotatable bonds is 5. The van der Waals surface area contributed by atoms with Crippen LogP contribution in [0.15, 0.2) is 36.5 Å². The first-order valence-electron chi connectivity index (χ1n) is 6.31. The molecule has 1 aromatic heterocycles. The van der Waals surface area contributed by atoms with Gasteiger partial charge < -0.3 is 20.3 Å². The molecule has 1 aromatic carbocycles. The van der Waals surface area contributed by atoms with Gasteiger partial charge in [-0.05, 0) is 30.2 Å². The van der Waals surface area contributed by atoms with E-state index in [2.05, 4.69) is 4.98 Å². The molecule has 0 fully saturated rings. The average molecular weight is 274 g/mol. The lowest BCUT2D eigenvalue weighted by Gasteiger charge is -2.11. The number of pyridine rings is 1. The summed E-state index contributed by atoms with van der Waals surface area (Å²) in [7, 11) is 1.55. The summed E-state index contributed by atoms with van der Waals surface area (Å²) in [5, 5.41) is 9.10. The molecule has 0 aliphatic heterocycles. The van der Waals surface area contributed by atoms with E-state index in [0.717, 1.165) is 11.1 Å². The highest BCUT2D eigenvalue weighted by Crippen LogP contribution is 2.31. The zero-order valence-electron chi connectivity index (χ0n) is 11.5. The number of aliphatic hydroxyl groups is 1. The molecule has 5 nitrogen and oxygen atoms in total.